The van der Waals surface area contributed by atoms with Crippen molar-refractivity contribution in [1.29, 1.82) is 0 Å². The van der Waals surface area contributed by atoms with Gasteiger partial charge in [-0.25, -0.2) is 4.98 Å². The molecule has 1 unspecified atom stereocenters. The minimum Gasteiger partial charge on any atom is -0.481 e. The normalized spacial score (nSPS) is 26.5. The second-order valence-corrected chi connectivity index (χ2v) is 18.1. The summed E-state index contributed by atoms with van der Waals surface area (Å²) in [7, 11) is 1.93. The van der Waals surface area contributed by atoms with Crippen molar-refractivity contribution < 1.29 is 24.6 Å². The summed E-state index contributed by atoms with van der Waals surface area (Å²) in [4.78, 5) is 51.5. The molecule has 13 nitrogen and oxygen atoms in total. The van der Waals surface area contributed by atoms with Gasteiger partial charge in [-0.05, 0) is 124 Å². The van der Waals surface area contributed by atoms with E-state index in [1.165, 1.54) is 0 Å². The van der Waals surface area contributed by atoms with E-state index in [2.05, 4.69) is 27.2 Å². The van der Waals surface area contributed by atoms with Gasteiger partial charge in [-0.3, -0.25) is 28.9 Å². The molecule has 2 aromatic heterocycles. The number of carbonyl (C=O) groups is 3. The first kappa shape index (κ1) is 37.4. The van der Waals surface area contributed by atoms with E-state index in [0.717, 1.165) is 148 Å². The molecule has 2 aromatic carbocycles. The third-order valence-corrected chi connectivity index (χ3v) is 14.9. The van der Waals surface area contributed by atoms with E-state index in [1.54, 1.807) is 0 Å². The van der Waals surface area contributed by atoms with Crippen molar-refractivity contribution in [1.82, 2.24) is 29.1 Å². The van der Waals surface area contributed by atoms with Gasteiger partial charge in [0.2, 0.25) is 0 Å². The molecule has 2 bridgehead atoms. The number of hydrogen-bond donors (Lipinski definition) is 3. The molecule has 304 valence electrons. The molecule has 2 amide bonds. The number of nitrogens with zero attached hydrogens (tertiary/aromatic N) is 7. The maximum atomic E-state index is 14.1. The summed E-state index contributed by atoms with van der Waals surface area (Å²) in [6, 6.07) is 14.3. The number of aryl methyl sites for hydroxylation is 1. The maximum absolute atomic E-state index is 14.1. The molecule has 2 aliphatic carbocycles. The predicted octanol–water partition coefficient (Wildman–Crippen LogP) is 5.73. The molecular formula is C45H54N8O5. The first-order valence-electron chi connectivity index (χ1n) is 21.4. The van der Waals surface area contributed by atoms with Crippen LogP contribution in [0.15, 0.2) is 42.5 Å². The van der Waals surface area contributed by atoms with Gasteiger partial charge < -0.3 is 25.0 Å². The largest absolute Gasteiger partial charge is 0.481 e. The number of β-amino-alcohol motifs (C(OH)–C–C–N with tert-alkyl or cyclic N) is 1. The highest BCUT2D eigenvalue weighted by molar-refractivity contribution is 6.07. The number of rotatable bonds is 9. The third-order valence-electron chi connectivity index (χ3n) is 14.9. The lowest BCUT2D eigenvalue weighted by Gasteiger charge is -2.32. The molecule has 1 saturated heterocycles. The Morgan fingerprint density at radius 2 is 1.78 bits per heavy atom. The van der Waals surface area contributed by atoms with Crippen molar-refractivity contribution in [2.45, 2.75) is 103 Å². The summed E-state index contributed by atoms with van der Waals surface area (Å²) in [5.74, 6) is -0.553. The van der Waals surface area contributed by atoms with Crippen LogP contribution in [0.3, 0.4) is 0 Å². The first-order valence-corrected chi connectivity index (χ1v) is 21.4. The van der Waals surface area contributed by atoms with Gasteiger partial charge >= 0.3 is 5.97 Å². The van der Waals surface area contributed by atoms with Crippen molar-refractivity contribution in [3.63, 3.8) is 0 Å². The predicted molar refractivity (Wildman–Crippen MR) is 219 cm³/mol. The Morgan fingerprint density at radius 1 is 0.966 bits per heavy atom. The number of aliphatic hydroxyl groups excluding tert-OH is 1. The number of aliphatic carboxylic acids is 1. The number of carbonyl (C=O) groups excluding carboxylic acids is 2. The third kappa shape index (κ3) is 6.19. The van der Waals surface area contributed by atoms with Crippen LogP contribution in [0.2, 0.25) is 0 Å². The van der Waals surface area contributed by atoms with E-state index in [0.29, 0.717) is 31.2 Å². The number of aromatic nitrogens is 4. The van der Waals surface area contributed by atoms with E-state index < -0.39 is 11.4 Å². The van der Waals surface area contributed by atoms with Crippen LogP contribution >= 0.6 is 0 Å². The molecule has 58 heavy (non-hydrogen) atoms. The fourth-order valence-corrected chi connectivity index (χ4v) is 11.6. The molecule has 10 rings (SSSR count). The van der Waals surface area contributed by atoms with Crippen molar-refractivity contribution in [2.24, 2.45) is 17.9 Å². The number of aliphatic hydroxyl groups is 1. The van der Waals surface area contributed by atoms with Crippen LogP contribution in [0.4, 0.5) is 11.4 Å². The number of carboxylic acid groups (broad SMARTS) is 1. The van der Waals surface area contributed by atoms with E-state index in [9.17, 15) is 24.6 Å². The number of nitrogens with one attached hydrogen (secondary N) is 1. The van der Waals surface area contributed by atoms with Crippen LogP contribution in [0.5, 0.6) is 0 Å². The average Bonchev–Trinajstić information content (AvgIpc) is 4.09. The number of carboxylic acids is 1. The first-order chi connectivity index (χ1) is 28.0. The maximum Gasteiger partial charge on any atom is 0.309 e. The van der Waals surface area contributed by atoms with Crippen LogP contribution in [-0.4, -0.2) is 96.0 Å². The summed E-state index contributed by atoms with van der Waals surface area (Å²) in [6.45, 7) is 7.43. The molecule has 0 radical (unpaired) electrons. The van der Waals surface area contributed by atoms with Crippen molar-refractivity contribution >= 4 is 29.2 Å². The van der Waals surface area contributed by atoms with Gasteiger partial charge in [-0.1, -0.05) is 24.3 Å². The van der Waals surface area contributed by atoms with Crippen LogP contribution in [0.25, 0.3) is 11.1 Å². The Labute approximate surface area is 339 Å². The smallest absolute Gasteiger partial charge is 0.309 e. The molecule has 6 aliphatic rings. The number of hydrogen-bond acceptors (Lipinski definition) is 8. The summed E-state index contributed by atoms with van der Waals surface area (Å²) in [6.07, 6.45) is 9.50. The molecular weight excluding hydrogens is 733 g/mol. The molecule has 4 aromatic rings. The highest BCUT2D eigenvalue weighted by Crippen LogP contribution is 2.63. The number of benzene rings is 2. The van der Waals surface area contributed by atoms with E-state index in [-0.39, 0.29) is 29.4 Å². The van der Waals surface area contributed by atoms with Gasteiger partial charge in [0.1, 0.15) is 0 Å². The van der Waals surface area contributed by atoms with Crippen molar-refractivity contribution in [2.75, 3.05) is 42.9 Å². The molecule has 2 atom stereocenters. The molecule has 3 N–H and O–H groups in total. The second-order valence-electron chi connectivity index (χ2n) is 18.1. The molecule has 3 fully saturated rings. The number of amides is 2. The van der Waals surface area contributed by atoms with Gasteiger partial charge in [0.25, 0.3) is 11.8 Å². The SMILES string of the molecule is Cc1c(NC(=O)c2nc3c(n2C)CCN(CCC24CCC(C(=O)O)(CC2)C4)C3)cccc1-c1cccc2c1CCN2C(=O)c1cc2n(n1)CCCC2N1CC[C@@H](O)C1. The van der Waals surface area contributed by atoms with Crippen LogP contribution in [0.1, 0.15) is 113 Å². The van der Waals surface area contributed by atoms with Crippen LogP contribution in [0, 0.1) is 17.8 Å². The fourth-order valence-electron chi connectivity index (χ4n) is 11.6. The average molecular weight is 787 g/mol. The Hall–Kier alpha value is -4.85. The van der Waals surface area contributed by atoms with Gasteiger partial charge in [0.05, 0.1) is 28.9 Å². The second kappa shape index (κ2) is 14.2. The minimum absolute atomic E-state index is 0.0919. The quantitative estimate of drug-likeness (QED) is 0.194. The Kier molecular flexibility index (Phi) is 9.14. The zero-order valence-electron chi connectivity index (χ0n) is 33.7. The summed E-state index contributed by atoms with van der Waals surface area (Å²) in [5.41, 5.74) is 8.97. The summed E-state index contributed by atoms with van der Waals surface area (Å²) in [5, 5.41) is 28.0. The van der Waals surface area contributed by atoms with Gasteiger partial charge in [0, 0.05) is 69.8 Å². The van der Waals surface area contributed by atoms with E-state index in [4.69, 9.17) is 10.1 Å². The molecule has 6 heterocycles. The highest BCUT2D eigenvalue weighted by Gasteiger charge is 2.57. The Morgan fingerprint density at radius 3 is 2.55 bits per heavy atom. The molecule has 2 saturated carbocycles. The minimum atomic E-state index is -0.613. The van der Waals surface area contributed by atoms with E-state index in [1.807, 2.05) is 58.5 Å². The standard InChI is InChI=1S/C45H54N8O5/c1-28-30(31-7-4-9-36-32(31)12-22-52(36)42(56)34-24-39-38(10-5-19-53(39)48-34)51-21-11-29(54)25-51)6-3-8-33(28)47-41(55)40-46-35-26-50(20-13-37(35)49(40)2)23-18-44-14-16-45(27-44,17-15-44)43(57)58/h3-4,6-9,24,29,38,54H,5,10-23,25-27H2,1-2H3,(H,47,55)(H,57,58)/t29-,38?,44?,45?/m1/s1. The highest BCUT2D eigenvalue weighted by atomic mass is 16.4. The van der Waals surface area contributed by atoms with E-state index >= 15 is 0 Å². The zero-order chi connectivity index (χ0) is 39.9. The van der Waals surface area contributed by atoms with Crippen molar-refractivity contribution in [3.05, 3.63) is 82.2 Å². The summed E-state index contributed by atoms with van der Waals surface area (Å²) < 4.78 is 3.94. The monoisotopic (exact) mass is 786 g/mol. The Bertz CT molecular complexity index is 2320. The van der Waals surface area contributed by atoms with Gasteiger partial charge in [-0.2, -0.15) is 5.10 Å². The zero-order valence-corrected chi connectivity index (χ0v) is 33.7. The molecule has 4 aliphatic heterocycles. The molecule has 0 spiro atoms. The summed E-state index contributed by atoms with van der Waals surface area (Å²) >= 11 is 0. The lowest BCUT2D eigenvalue weighted by molar-refractivity contribution is -0.148. The number of fused-ring (bicyclic) bond motifs is 5. The van der Waals surface area contributed by atoms with Gasteiger partial charge in [0.15, 0.2) is 11.5 Å². The Balaban J connectivity index is 0.830. The fraction of sp³-hybridized carbons (Fsp3) is 0.533. The van der Waals surface area contributed by atoms with Crippen molar-refractivity contribution in [3.8, 4) is 11.1 Å². The van der Waals surface area contributed by atoms with Gasteiger partial charge in [-0.15, -0.1) is 0 Å². The number of imidazole rings is 1. The lowest BCUT2D eigenvalue weighted by atomic mass is 9.80. The molecule has 13 heteroatoms. The van der Waals surface area contributed by atoms with Crippen LogP contribution < -0.4 is 10.2 Å². The lowest BCUT2D eigenvalue weighted by Crippen LogP contribution is -2.34. The number of likely N-dealkylation sites (tertiary alicyclic amines) is 1. The number of anilines is 2. The van der Waals surface area contributed by atoms with Crippen LogP contribution in [-0.2, 0) is 37.8 Å². The topological polar surface area (TPSA) is 149 Å².